The number of aryl methyl sites for hydroxylation is 2. The van der Waals surface area contributed by atoms with Gasteiger partial charge < -0.3 is 14.9 Å². The Morgan fingerprint density at radius 1 is 1.11 bits per heavy atom. The molecular formula is C16H19NO2. The highest BCUT2D eigenvalue weighted by Crippen LogP contribution is 2.26. The lowest BCUT2D eigenvalue weighted by molar-refractivity contribution is 0.268. The highest BCUT2D eigenvalue weighted by atomic mass is 16.5. The van der Waals surface area contributed by atoms with E-state index in [9.17, 15) is 0 Å². The van der Waals surface area contributed by atoms with E-state index in [2.05, 4.69) is 18.2 Å². The molecule has 3 heteroatoms. The number of ether oxygens (including phenoxy) is 1. The molecule has 1 aromatic heterocycles. The molecule has 0 unspecified atom stereocenters. The van der Waals surface area contributed by atoms with Crippen LogP contribution in [0.15, 0.2) is 34.9 Å². The van der Waals surface area contributed by atoms with Crippen molar-refractivity contribution in [3.8, 4) is 5.75 Å². The molecule has 0 aliphatic heterocycles. The number of hydrogen-bond acceptors (Lipinski definition) is 3. The highest BCUT2D eigenvalue weighted by Gasteiger charge is 2.11. The lowest BCUT2D eigenvalue weighted by Gasteiger charge is -2.16. The lowest BCUT2D eigenvalue weighted by Crippen LogP contribution is -2.04. The summed E-state index contributed by atoms with van der Waals surface area (Å²) in [4.78, 5) is 0. The molecule has 2 N–H and O–H groups in total. The number of furan rings is 1. The van der Waals surface area contributed by atoms with Gasteiger partial charge in [0, 0.05) is 12.1 Å². The number of rotatable bonds is 4. The summed E-state index contributed by atoms with van der Waals surface area (Å²) in [5, 5.41) is 0. The SMILES string of the molecule is NCc1ccoc1COc1ccc2c(c1)CCCC2. The third-order valence-corrected chi connectivity index (χ3v) is 3.75. The first-order valence-electron chi connectivity index (χ1n) is 6.87. The zero-order valence-electron chi connectivity index (χ0n) is 11.0. The van der Waals surface area contributed by atoms with Crippen LogP contribution < -0.4 is 10.5 Å². The van der Waals surface area contributed by atoms with Gasteiger partial charge in [0.25, 0.3) is 0 Å². The van der Waals surface area contributed by atoms with Crippen molar-refractivity contribution in [3.05, 3.63) is 53.0 Å². The number of benzene rings is 1. The van der Waals surface area contributed by atoms with Crippen molar-refractivity contribution in [1.29, 1.82) is 0 Å². The van der Waals surface area contributed by atoms with Crippen LogP contribution in [0.5, 0.6) is 5.75 Å². The Bertz CT molecular complexity index is 560. The third-order valence-electron chi connectivity index (χ3n) is 3.75. The van der Waals surface area contributed by atoms with E-state index in [1.54, 1.807) is 6.26 Å². The van der Waals surface area contributed by atoms with Gasteiger partial charge in [-0.05, 0) is 55.0 Å². The minimum atomic E-state index is 0.443. The van der Waals surface area contributed by atoms with Crippen molar-refractivity contribution in [2.45, 2.75) is 38.8 Å². The summed E-state index contributed by atoms with van der Waals surface area (Å²) in [6.07, 6.45) is 6.62. The van der Waals surface area contributed by atoms with E-state index in [1.807, 2.05) is 6.07 Å². The van der Waals surface area contributed by atoms with Crippen LogP contribution in [0.4, 0.5) is 0 Å². The number of hydrogen-bond donors (Lipinski definition) is 1. The second-order valence-corrected chi connectivity index (χ2v) is 5.00. The second kappa shape index (κ2) is 5.49. The average Bonchev–Trinajstić information content (AvgIpc) is 2.92. The predicted octanol–water partition coefficient (Wildman–Crippen LogP) is 3.20. The van der Waals surface area contributed by atoms with E-state index in [4.69, 9.17) is 14.9 Å². The Labute approximate surface area is 113 Å². The van der Waals surface area contributed by atoms with Crippen molar-refractivity contribution < 1.29 is 9.15 Å². The maximum absolute atomic E-state index is 5.81. The largest absolute Gasteiger partial charge is 0.486 e. The molecule has 100 valence electrons. The molecule has 0 radical (unpaired) electrons. The minimum absolute atomic E-state index is 0.443. The van der Waals surface area contributed by atoms with Crippen molar-refractivity contribution in [2.75, 3.05) is 0 Å². The molecule has 0 atom stereocenters. The molecule has 0 fully saturated rings. The first kappa shape index (κ1) is 12.3. The van der Waals surface area contributed by atoms with Crippen LogP contribution in [0.2, 0.25) is 0 Å². The van der Waals surface area contributed by atoms with E-state index in [1.165, 1.54) is 36.8 Å². The quantitative estimate of drug-likeness (QED) is 0.915. The van der Waals surface area contributed by atoms with Gasteiger partial charge in [0.15, 0.2) is 0 Å². The standard InChI is InChI=1S/C16H19NO2/c17-10-14-7-8-18-16(14)11-19-15-6-5-12-3-1-2-4-13(12)9-15/h5-9H,1-4,10-11,17H2. The van der Waals surface area contributed by atoms with Gasteiger partial charge in [-0.25, -0.2) is 0 Å². The summed E-state index contributed by atoms with van der Waals surface area (Å²) in [6.45, 7) is 0.928. The monoisotopic (exact) mass is 257 g/mol. The van der Waals surface area contributed by atoms with Crippen LogP contribution in [0.3, 0.4) is 0 Å². The molecule has 0 spiro atoms. The lowest BCUT2D eigenvalue weighted by atomic mass is 9.92. The number of fused-ring (bicyclic) bond motifs is 1. The van der Waals surface area contributed by atoms with Gasteiger partial charge in [0.05, 0.1) is 6.26 Å². The maximum Gasteiger partial charge on any atom is 0.146 e. The Hall–Kier alpha value is -1.74. The van der Waals surface area contributed by atoms with Crippen molar-refractivity contribution >= 4 is 0 Å². The summed E-state index contributed by atoms with van der Waals surface area (Å²) in [5.41, 5.74) is 9.56. The molecular weight excluding hydrogens is 238 g/mol. The van der Waals surface area contributed by atoms with E-state index in [-0.39, 0.29) is 0 Å². The highest BCUT2D eigenvalue weighted by molar-refractivity contribution is 5.37. The fraction of sp³-hybridized carbons (Fsp3) is 0.375. The Kier molecular flexibility index (Phi) is 3.56. The molecule has 1 heterocycles. The fourth-order valence-electron chi connectivity index (χ4n) is 2.62. The zero-order valence-corrected chi connectivity index (χ0v) is 11.0. The van der Waals surface area contributed by atoms with Gasteiger partial charge in [0.2, 0.25) is 0 Å². The summed E-state index contributed by atoms with van der Waals surface area (Å²) < 4.78 is 11.2. The van der Waals surface area contributed by atoms with Crippen LogP contribution in [-0.4, -0.2) is 0 Å². The Morgan fingerprint density at radius 3 is 2.79 bits per heavy atom. The summed E-state index contributed by atoms with van der Waals surface area (Å²) in [5.74, 6) is 1.74. The van der Waals surface area contributed by atoms with Crippen molar-refractivity contribution in [1.82, 2.24) is 0 Å². The zero-order chi connectivity index (χ0) is 13.1. The van der Waals surface area contributed by atoms with E-state index in [0.717, 1.165) is 17.1 Å². The molecule has 3 rings (SSSR count). The summed E-state index contributed by atoms with van der Waals surface area (Å²) in [7, 11) is 0. The predicted molar refractivity (Wildman–Crippen MR) is 74.0 cm³/mol. The molecule has 0 amide bonds. The van der Waals surface area contributed by atoms with Crippen molar-refractivity contribution in [2.24, 2.45) is 5.73 Å². The first-order chi connectivity index (χ1) is 9.36. The van der Waals surface area contributed by atoms with Crippen LogP contribution in [0.25, 0.3) is 0 Å². The smallest absolute Gasteiger partial charge is 0.146 e. The molecule has 1 aliphatic rings. The average molecular weight is 257 g/mol. The molecule has 1 aromatic carbocycles. The Balaban J connectivity index is 1.70. The molecule has 2 aromatic rings. The topological polar surface area (TPSA) is 48.4 Å². The van der Waals surface area contributed by atoms with Crippen LogP contribution >= 0.6 is 0 Å². The molecule has 0 saturated carbocycles. The minimum Gasteiger partial charge on any atom is -0.486 e. The van der Waals surface area contributed by atoms with Crippen molar-refractivity contribution in [3.63, 3.8) is 0 Å². The molecule has 19 heavy (non-hydrogen) atoms. The van der Waals surface area contributed by atoms with Crippen LogP contribution in [0, 0.1) is 0 Å². The summed E-state index contributed by atoms with van der Waals surface area (Å²) in [6, 6.07) is 8.30. The third kappa shape index (κ3) is 2.66. The fourth-order valence-corrected chi connectivity index (χ4v) is 2.62. The van der Waals surface area contributed by atoms with Gasteiger partial charge in [-0.3, -0.25) is 0 Å². The molecule has 1 aliphatic carbocycles. The van der Waals surface area contributed by atoms with Crippen LogP contribution in [-0.2, 0) is 26.0 Å². The van der Waals surface area contributed by atoms with Gasteiger partial charge >= 0.3 is 0 Å². The Morgan fingerprint density at radius 2 is 1.95 bits per heavy atom. The van der Waals surface area contributed by atoms with Gasteiger partial charge in [0.1, 0.15) is 18.1 Å². The molecule has 0 saturated heterocycles. The van der Waals surface area contributed by atoms with Gasteiger partial charge in [-0.1, -0.05) is 6.07 Å². The van der Waals surface area contributed by atoms with E-state index in [0.29, 0.717) is 13.2 Å². The first-order valence-corrected chi connectivity index (χ1v) is 6.87. The number of nitrogens with two attached hydrogens (primary N) is 1. The molecule has 0 bridgehead atoms. The van der Waals surface area contributed by atoms with Gasteiger partial charge in [-0.2, -0.15) is 0 Å². The van der Waals surface area contributed by atoms with E-state index >= 15 is 0 Å². The van der Waals surface area contributed by atoms with Gasteiger partial charge in [-0.15, -0.1) is 0 Å². The van der Waals surface area contributed by atoms with Crippen LogP contribution in [0.1, 0.15) is 35.3 Å². The second-order valence-electron chi connectivity index (χ2n) is 5.00. The summed E-state index contributed by atoms with van der Waals surface area (Å²) >= 11 is 0. The normalized spacial score (nSPS) is 14.2. The maximum atomic E-state index is 5.81. The molecule has 3 nitrogen and oxygen atoms in total. The van der Waals surface area contributed by atoms with E-state index < -0.39 is 0 Å².